The molecule has 0 saturated carbocycles. The maximum atomic E-state index is 12.6. The van der Waals surface area contributed by atoms with Gasteiger partial charge >= 0.3 is 0 Å². The van der Waals surface area contributed by atoms with Gasteiger partial charge in [0.05, 0.1) is 22.0 Å². The summed E-state index contributed by atoms with van der Waals surface area (Å²) in [7, 11) is -0.165. The largest absolute Gasteiger partial charge is 0.347 e. The zero-order valence-corrected chi connectivity index (χ0v) is 15.6. The molecule has 2 N–H and O–H groups in total. The van der Waals surface area contributed by atoms with Crippen LogP contribution in [0, 0.1) is 13.8 Å². The maximum absolute atomic E-state index is 12.6. The molecule has 0 radical (unpaired) electrons. The summed E-state index contributed by atoms with van der Waals surface area (Å²) in [6.07, 6.45) is 0. The normalized spacial score (nSPS) is 11.1. The van der Waals surface area contributed by atoms with Gasteiger partial charge in [0, 0.05) is 26.7 Å². The lowest BCUT2D eigenvalue weighted by Crippen LogP contribution is -2.19. The quantitative estimate of drug-likeness (QED) is 0.841. The van der Waals surface area contributed by atoms with E-state index in [9.17, 15) is 13.2 Å². The SMILES string of the molecule is CC(=O)Nc1ccc(S(=O)(=O)Nc2c(C)nc(N(C)C)nc2C)cc1. The Bertz CT molecular complexity index is 869. The number of sulfonamides is 1. The van der Waals surface area contributed by atoms with Crippen LogP contribution in [0.1, 0.15) is 18.3 Å². The van der Waals surface area contributed by atoms with Crippen LogP contribution in [0.25, 0.3) is 0 Å². The molecule has 9 heteroatoms. The van der Waals surface area contributed by atoms with Gasteiger partial charge in [0.25, 0.3) is 10.0 Å². The first-order chi connectivity index (χ1) is 11.6. The highest BCUT2D eigenvalue weighted by Crippen LogP contribution is 2.24. The Hall–Kier alpha value is -2.68. The van der Waals surface area contributed by atoms with Crippen LogP contribution in [0.5, 0.6) is 0 Å². The minimum absolute atomic E-state index is 0.0806. The third kappa shape index (κ3) is 4.44. The maximum Gasteiger partial charge on any atom is 0.262 e. The molecule has 2 aromatic rings. The molecule has 1 amide bonds. The highest BCUT2D eigenvalue weighted by molar-refractivity contribution is 7.92. The van der Waals surface area contributed by atoms with Gasteiger partial charge in [0.1, 0.15) is 0 Å². The molecular formula is C16H21N5O3S. The van der Waals surface area contributed by atoms with Gasteiger partial charge in [0.15, 0.2) is 0 Å². The van der Waals surface area contributed by atoms with Crippen molar-refractivity contribution in [2.75, 3.05) is 29.0 Å². The number of benzene rings is 1. The highest BCUT2D eigenvalue weighted by atomic mass is 32.2. The van der Waals surface area contributed by atoms with E-state index in [2.05, 4.69) is 20.0 Å². The van der Waals surface area contributed by atoms with Gasteiger partial charge in [-0.3, -0.25) is 9.52 Å². The Morgan fingerprint density at radius 1 is 1.04 bits per heavy atom. The number of nitrogens with zero attached hydrogens (tertiary/aromatic N) is 3. The average Bonchev–Trinajstić information content (AvgIpc) is 2.50. The molecular weight excluding hydrogens is 342 g/mol. The van der Waals surface area contributed by atoms with Crippen LogP contribution in [0.3, 0.4) is 0 Å². The number of amides is 1. The van der Waals surface area contributed by atoms with E-state index in [0.29, 0.717) is 28.7 Å². The summed E-state index contributed by atoms with van der Waals surface area (Å²) in [5, 5.41) is 2.59. The number of anilines is 3. The Morgan fingerprint density at radius 3 is 2.00 bits per heavy atom. The summed E-state index contributed by atoms with van der Waals surface area (Å²) in [6.45, 7) is 4.83. The summed E-state index contributed by atoms with van der Waals surface area (Å²) in [6, 6.07) is 5.91. The highest BCUT2D eigenvalue weighted by Gasteiger charge is 2.19. The molecule has 0 spiro atoms. The lowest BCUT2D eigenvalue weighted by Gasteiger charge is -2.16. The first-order valence-electron chi connectivity index (χ1n) is 7.53. The van der Waals surface area contributed by atoms with E-state index in [0.717, 1.165) is 0 Å². The number of carbonyl (C=O) groups is 1. The van der Waals surface area contributed by atoms with E-state index < -0.39 is 10.0 Å². The van der Waals surface area contributed by atoms with Crippen LogP contribution in [0.2, 0.25) is 0 Å². The topological polar surface area (TPSA) is 104 Å². The fourth-order valence-electron chi connectivity index (χ4n) is 2.16. The average molecular weight is 363 g/mol. The summed E-state index contributed by atoms with van der Waals surface area (Å²) >= 11 is 0. The van der Waals surface area contributed by atoms with E-state index in [1.807, 2.05) is 14.1 Å². The molecule has 2 rings (SSSR count). The van der Waals surface area contributed by atoms with Crippen molar-refractivity contribution in [3.05, 3.63) is 35.7 Å². The summed E-state index contributed by atoms with van der Waals surface area (Å²) in [4.78, 5) is 21.5. The second-order valence-corrected chi connectivity index (χ2v) is 7.46. The Kier molecular flexibility index (Phi) is 5.27. The van der Waals surface area contributed by atoms with Crippen molar-refractivity contribution in [2.45, 2.75) is 25.7 Å². The van der Waals surface area contributed by atoms with Gasteiger partial charge in [0.2, 0.25) is 11.9 Å². The van der Waals surface area contributed by atoms with Crippen molar-refractivity contribution < 1.29 is 13.2 Å². The second-order valence-electron chi connectivity index (χ2n) is 5.77. The zero-order chi connectivity index (χ0) is 18.8. The van der Waals surface area contributed by atoms with E-state index in [4.69, 9.17) is 0 Å². The molecule has 25 heavy (non-hydrogen) atoms. The van der Waals surface area contributed by atoms with Crippen molar-refractivity contribution in [1.29, 1.82) is 0 Å². The molecule has 0 atom stereocenters. The Morgan fingerprint density at radius 2 is 1.56 bits per heavy atom. The van der Waals surface area contributed by atoms with Gasteiger partial charge in [-0.2, -0.15) is 0 Å². The number of nitrogens with one attached hydrogen (secondary N) is 2. The van der Waals surface area contributed by atoms with Crippen molar-refractivity contribution in [2.24, 2.45) is 0 Å². The van der Waals surface area contributed by atoms with Gasteiger partial charge < -0.3 is 10.2 Å². The molecule has 0 fully saturated rings. The number of aromatic nitrogens is 2. The molecule has 0 aliphatic carbocycles. The van der Waals surface area contributed by atoms with E-state index in [1.54, 1.807) is 18.7 Å². The molecule has 0 saturated heterocycles. The zero-order valence-electron chi connectivity index (χ0n) is 14.8. The van der Waals surface area contributed by atoms with Crippen LogP contribution in [0.15, 0.2) is 29.2 Å². The monoisotopic (exact) mass is 363 g/mol. The van der Waals surface area contributed by atoms with Gasteiger partial charge in [-0.15, -0.1) is 0 Å². The molecule has 8 nitrogen and oxygen atoms in total. The standard InChI is InChI=1S/C16H21N5O3S/c1-10-15(11(2)18-16(17-10)21(4)5)20-25(23,24)14-8-6-13(7-9-14)19-12(3)22/h6-9,20H,1-5H3,(H,19,22). The second kappa shape index (κ2) is 7.06. The third-order valence-corrected chi connectivity index (χ3v) is 4.75. The number of carbonyl (C=O) groups excluding carboxylic acids is 1. The molecule has 0 unspecified atom stereocenters. The van der Waals surface area contributed by atoms with E-state index >= 15 is 0 Å². The summed E-state index contributed by atoms with van der Waals surface area (Å²) in [5.41, 5.74) is 1.96. The van der Waals surface area contributed by atoms with Crippen LogP contribution in [-0.4, -0.2) is 38.4 Å². The first kappa shape index (κ1) is 18.7. The van der Waals surface area contributed by atoms with E-state index in [-0.39, 0.29) is 10.8 Å². The predicted octanol–water partition coefficient (Wildman–Crippen LogP) is 1.92. The van der Waals surface area contributed by atoms with Crippen LogP contribution in [0.4, 0.5) is 17.3 Å². The fraction of sp³-hybridized carbons (Fsp3) is 0.312. The lowest BCUT2D eigenvalue weighted by molar-refractivity contribution is -0.114. The number of hydrogen-bond donors (Lipinski definition) is 2. The summed E-state index contributed by atoms with van der Waals surface area (Å²) < 4.78 is 27.7. The third-order valence-electron chi connectivity index (χ3n) is 3.38. The van der Waals surface area contributed by atoms with Crippen molar-refractivity contribution >= 4 is 33.3 Å². The fourth-order valence-corrected chi connectivity index (χ4v) is 3.34. The van der Waals surface area contributed by atoms with Crippen molar-refractivity contribution in [1.82, 2.24) is 9.97 Å². The van der Waals surface area contributed by atoms with Gasteiger partial charge in [-0.25, -0.2) is 18.4 Å². The van der Waals surface area contributed by atoms with Crippen LogP contribution >= 0.6 is 0 Å². The Labute approximate surface area is 147 Å². The number of rotatable bonds is 5. The molecule has 134 valence electrons. The summed E-state index contributed by atoms with van der Waals surface area (Å²) in [5.74, 6) is 0.288. The number of hydrogen-bond acceptors (Lipinski definition) is 6. The van der Waals surface area contributed by atoms with Crippen molar-refractivity contribution in [3.8, 4) is 0 Å². The van der Waals surface area contributed by atoms with E-state index in [1.165, 1.54) is 31.2 Å². The molecule has 1 heterocycles. The molecule has 1 aromatic carbocycles. The van der Waals surface area contributed by atoms with Crippen LogP contribution < -0.4 is 14.9 Å². The first-order valence-corrected chi connectivity index (χ1v) is 9.01. The minimum Gasteiger partial charge on any atom is -0.347 e. The molecule has 1 aromatic heterocycles. The van der Waals surface area contributed by atoms with Crippen molar-refractivity contribution in [3.63, 3.8) is 0 Å². The Balaban J connectivity index is 2.31. The predicted molar refractivity (Wildman–Crippen MR) is 97.4 cm³/mol. The van der Waals surface area contributed by atoms with Gasteiger partial charge in [-0.05, 0) is 38.1 Å². The number of aryl methyl sites for hydroxylation is 2. The van der Waals surface area contributed by atoms with Gasteiger partial charge in [-0.1, -0.05) is 0 Å². The lowest BCUT2D eigenvalue weighted by atomic mass is 10.3. The molecule has 0 aliphatic rings. The smallest absolute Gasteiger partial charge is 0.262 e. The molecule has 0 bridgehead atoms. The molecule has 0 aliphatic heterocycles. The minimum atomic E-state index is -3.79. The van der Waals surface area contributed by atoms with Crippen LogP contribution in [-0.2, 0) is 14.8 Å².